The van der Waals surface area contributed by atoms with Crippen LogP contribution in [0.1, 0.15) is 62.9 Å². The van der Waals surface area contributed by atoms with E-state index >= 15 is 0 Å². The zero-order valence-electron chi connectivity index (χ0n) is 11.4. The molecule has 1 aliphatic rings. The van der Waals surface area contributed by atoms with Crippen LogP contribution in [0.4, 0.5) is 5.13 Å². The summed E-state index contributed by atoms with van der Waals surface area (Å²) in [7, 11) is 0. The van der Waals surface area contributed by atoms with Gasteiger partial charge in [-0.3, -0.25) is 4.79 Å². The number of nitrogens with two attached hydrogens (primary N) is 1. The average Bonchev–Trinajstić information content (AvgIpc) is 2.86. The molecule has 1 aromatic rings. The van der Waals surface area contributed by atoms with Crippen molar-refractivity contribution in [1.82, 2.24) is 10.2 Å². The first-order valence-corrected chi connectivity index (χ1v) is 7.85. The van der Waals surface area contributed by atoms with E-state index in [1.54, 1.807) is 0 Å². The van der Waals surface area contributed by atoms with Crippen molar-refractivity contribution in [3.8, 4) is 0 Å². The predicted octanol–water partition coefficient (Wildman–Crippen LogP) is 2.86. The Morgan fingerprint density at radius 3 is 2.79 bits per heavy atom. The molecule has 6 heteroatoms. The Balaban J connectivity index is 1.73. The van der Waals surface area contributed by atoms with Crippen molar-refractivity contribution >= 4 is 22.4 Å². The van der Waals surface area contributed by atoms with Gasteiger partial charge in [-0.1, -0.05) is 43.4 Å². The van der Waals surface area contributed by atoms with Gasteiger partial charge < -0.3 is 11.1 Å². The lowest BCUT2D eigenvalue weighted by atomic mass is 9.86. The number of anilines is 1. The topological polar surface area (TPSA) is 80.9 Å². The third-order valence-electron chi connectivity index (χ3n) is 3.58. The second-order valence-corrected chi connectivity index (χ2v) is 6.33. The van der Waals surface area contributed by atoms with Crippen LogP contribution in [0.3, 0.4) is 0 Å². The lowest BCUT2D eigenvalue weighted by Gasteiger charge is -2.20. The lowest BCUT2D eigenvalue weighted by molar-refractivity contribution is -0.116. The number of hydrogen-bond acceptors (Lipinski definition) is 5. The highest BCUT2D eigenvalue weighted by Crippen LogP contribution is 2.27. The van der Waals surface area contributed by atoms with Crippen molar-refractivity contribution < 1.29 is 4.79 Å². The first kappa shape index (κ1) is 14.4. The Morgan fingerprint density at radius 2 is 2.16 bits per heavy atom. The number of nitrogens with one attached hydrogen (secondary N) is 1. The van der Waals surface area contributed by atoms with E-state index in [9.17, 15) is 4.79 Å². The lowest BCUT2D eigenvalue weighted by Crippen LogP contribution is -2.14. The number of nitrogens with zero attached hydrogens (tertiary/aromatic N) is 2. The summed E-state index contributed by atoms with van der Waals surface area (Å²) in [4.78, 5) is 11.8. The molecule has 0 aliphatic heterocycles. The van der Waals surface area contributed by atoms with Gasteiger partial charge in [0.15, 0.2) is 0 Å². The van der Waals surface area contributed by atoms with E-state index in [1.165, 1.54) is 43.4 Å². The smallest absolute Gasteiger partial charge is 0.226 e. The van der Waals surface area contributed by atoms with E-state index in [4.69, 9.17) is 5.73 Å². The zero-order valence-corrected chi connectivity index (χ0v) is 12.2. The largest absolute Gasteiger partial charge is 0.322 e. The predicted molar refractivity (Wildman–Crippen MR) is 77.0 cm³/mol. The Kier molecular flexibility index (Phi) is 5.27. The molecule has 1 saturated carbocycles. The highest BCUT2D eigenvalue weighted by atomic mass is 32.1. The molecule has 3 N–H and O–H groups in total. The molecule has 1 unspecified atom stereocenters. The van der Waals surface area contributed by atoms with E-state index < -0.39 is 0 Å². The molecule has 1 amide bonds. The molecular formula is C13H22N4OS. The molecule has 1 aliphatic carbocycles. The summed E-state index contributed by atoms with van der Waals surface area (Å²) in [5.41, 5.74) is 5.71. The van der Waals surface area contributed by atoms with Gasteiger partial charge in [0.25, 0.3) is 0 Å². The number of aromatic nitrogens is 2. The minimum Gasteiger partial charge on any atom is -0.322 e. The number of carbonyl (C=O) groups excluding carboxylic acids is 1. The van der Waals surface area contributed by atoms with Crippen LogP contribution in [0, 0.1) is 5.92 Å². The number of carbonyl (C=O) groups is 1. The summed E-state index contributed by atoms with van der Waals surface area (Å²) in [5, 5.41) is 12.0. The van der Waals surface area contributed by atoms with E-state index in [1.807, 2.05) is 6.92 Å². The number of amides is 1. The molecule has 0 bridgehead atoms. The molecule has 1 aromatic heterocycles. The quantitative estimate of drug-likeness (QED) is 0.870. The van der Waals surface area contributed by atoms with Gasteiger partial charge in [-0.2, -0.15) is 0 Å². The summed E-state index contributed by atoms with van der Waals surface area (Å²) in [6, 6.07) is -0.134. The van der Waals surface area contributed by atoms with Crippen molar-refractivity contribution in [1.29, 1.82) is 0 Å². The summed E-state index contributed by atoms with van der Waals surface area (Å²) in [5.74, 6) is 0.770. The monoisotopic (exact) mass is 282 g/mol. The minimum atomic E-state index is -0.134. The third-order valence-corrected chi connectivity index (χ3v) is 4.62. The summed E-state index contributed by atoms with van der Waals surface area (Å²) in [6.45, 7) is 1.86. The summed E-state index contributed by atoms with van der Waals surface area (Å²) in [6.07, 6.45) is 8.12. The van der Waals surface area contributed by atoms with Gasteiger partial charge >= 0.3 is 0 Å². The van der Waals surface area contributed by atoms with Gasteiger partial charge in [0.1, 0.15) is 5.01 Å². The fourth-order valence-corrected chi connectivity index (χ4v) is 3.17. The second kappa shape index (κ2) is 6.96. The van der Waals surface area contributed by atoms with Crippen LogP contribution in [0.5, 0.6) is 0 Å². The molecule has 0 saturated heterocycles. The maximum Gasteiger partial charge on any atom is 0.226 e. The van der Waals surface area contributed by atoms with Crippen LogP contribution in [0.2, 0.25) is 0 Å². The normalized spacial score (nSPS) is 18.2. The zero-order chi connectivity index (χ0) is 13.7. The highest BCUT2D eigenvalue weighted by molar-refractivity contribution is 7.15. The Labute approximate surface area is 118 Å². The Morgan fingerprint density at radius 1 is 1.42 bits per heavy atom. The molecule has 0 spiro atoms. The third kappa shape index (κ3) is 4.54. The molecule has 19 heavy (non-hydrogen) atoms. The van der Waals surface area contributed by atoms with Crippen LogP contribution >= 0.6 is 11.3 Å². The van der Waals surface area contributed by atoms with Crippen LogP contribution < -0.4 is 11.1 Å². The molecule has 5 nitrogen and oxygen atoms in total. The fraction of sp³-hybridized carbons (Fsp3) is 0.769. The number of rotatable bonds is 5. The van der Waals surface area contributed by atoms with Crippen molar-refractivity contribution in [2.45, 2.75) is 57.9 Å². The molecule has 0 aromatic carbocycles. The van der Waals surface area contributed by atoms with Crippen molar-refractivity contribution in [3.63, 3.8) is 0 Å². The van der Waals surface area contributed by atoms with Gasteiger partial charge in [0.2, 0.25) is 11.0 Å². The SMILES string of the molecule is CC(N)c1nnc(NC(=O)CCC2CCCCC2)s1. The maximum atomic E-state index is 11.8. The Hall–Kier alpha value is -1.01. The molecule has 1 heterocycles. The molecule has 1 fully saturated rings. The van der Waals surface area contributed by atoms with Gasteiger partial charge in [-0.05, 0) is 19.3 Å². The van der Waals surface area contributed by atoms with E-state index in [2.05, 4.69) is 15.5 Å². The summed E-state index contributed by atoms with van der Waals surface area (Å²) < 4.78 is 0. The van der Waals surface area contributed by atoms with Gasteiger partial charge in [-0.25, -0.2) is 0 Å². The van der Waals surface area contributed by atoms with Crippen LogP contribution in [-0.4, -0.2) is 16.1 Å². The fourth-order valence-electron chi connectivity index (χ4n) is 2.46. The van der Waals surface area contributed by atoms with Crippen molar-refractivity contribution in [3.05, 3.63) is 5.01 Å². The van der Waals surface area contributed by atoms with Crippen LogP contribution in [-0.2, 0) is 4.79 Å². The van der Waals surface area contributed by atoms with Crippen LogP contribution in [0.15, 0.2) is 0 Å². The summed E-state index contributed by atoms with van der Waals surface area (Å²) >= 11 is 1.35. The molecular weight excluding hydrogens is 260 g/mol. The highest BCUT2D eigenvalue weighted by Gasteiger charge is 2.16. The van der Waals surface area contributed by atoms with Gasteiger partial charge in [0.05, 0.1) is 6.04 Å². The van der Waals surface area contributed by atoms with E-state index in [0.29, 0.717) is 11.6 Å². The van der Waals surface area contributed by atoms with Gasteiger partial charge in [0, 0.05) is 6.42 Å². The van der Waals surface area contributed by atoms with Gasteiger partial charge in [-0.15, -0.1) is 10.2 Å². The Bertz CT molecular complexity index is 413. The molecule has 1 atom stereocenters. The van der Waals surface area contributed by atoms with Crippen molar-refractivity contribution in [2.24, 2.45) is 11.7 Å². The minimum absolute atomic E-state index is 0.0398. The molecule has 106 valence electrons. The second-order valence-electron chi connectivity index (χ2n) is 5.33. The van der Waals surface area contributed by atoms with E-state index in [0.717, 1.165) is 17.3 Å². The maximum absolute atomic E-state index is 11.8. The number of hydrogen-bond donors (Lipinski definition) is 2. The molecule has 0 radical (unpaired) electrons. The van der Waals surface area contributed by atoms with Crippen LogP contribution in [0.25, 0.3) is 0 Å². The average molecular weight is 282 g/mol. The molecule has 2 rings (SSSR count). The first-order valence-electron chi connectivity index (χ1n) is 7.04. The van der Waals surface area contributed by atoms with Crippen molar-refractivity contribution in [2.75, 3.05) is 5.32 Å². The standard InChI is InChI=1S/C13H22N4OS/c1-9(14)12-16-17-13(19-12)15-11(18)8-7-10-5-3-2-4-6-10/h9-10H,2-8,14H2,1H3,(H,15,17,18). The van der Waals surface area contributed by atoms with E-state index in [-0.39, 0.29) is 11.9 Å². The first-order chi connectivity index (χ1) is 9.15.